The zero-order chi connectivity index (χ0) is 14.3. The summed E-state index contributed by atoms with van der Waals surface area (Å²) in [6.07, 6.45) is 2.44. The summed E-state index contributed by atoms with van der Waals surface area (Å²) in [7, 11) is 1.93. The number of hydrogen-bond acceptors (Lipinski definition) is 3. The van der Waals surface area contributed by atoms with Gasteiger partial charge in [-0.15, -0.1) is 0 Å². The van der Waals surface area contributed by atoms with Crippen molar-refractivity contribution in [2.45, 2.75) is 39.5 Å². The molecule has 0 saturated heterocycles. The number of aryl methyl sites for hydroxylation is 2. The van der Waals surface area contributed by atoms with Crippen molar-refractivity contribution in [1.82, 2.24) is 9.97 Å². The van der Waals surface area contributed by atoms with Crippen LogP contribution in [0.1, 0.15) is 41.3 Å². The highest BCUT2D eigenvalue weighted by Crippen LogP contribution is 2.40. The van der Waals surface area contributed by atoms with Gasteiger partial charge in [0.25, 0.3) is 0 Å². The smallest absolute Gasteiger partial charge is 0.134 e. The molecule has 0 atom stereocenters. The first-order valence-corrected chi connectivity index (χ1v) is 7.24. The molecule has 1 aromatic heterocycles. The van der Waals surface area contributed by atoms with Crippen LogP contribution >= 0.6 is 0 Å². The molecule has 3 nitrogen and oxygen atoms in total. The molecule has 1 heterocycles. The summed E-state index contributed by atoms with van der Waals surface area (Å²) in [5, 5.41) is 3.21. The van der Waals surface area contributed by atoms with Crippen LogP contribution in [0.25, 0.3) is 11.3 Å². The van der Waals surface area contributed by atoms with Gasteiger partial charge in [0, 0.05) is 24.1 Å². The van der Waals surface area contributed by atoms with Gasteiger partial charge in [-0.05, 0) is 39.2 Å². The van der Waals surface area contributed by atoms with Gasteiger partial charge in [-0.2, -0.15) is 0 Å². The number of nitrogens with one attached hydrogen (secondary N) is 1. The fraction of sp³-hybridized carbons (Fsp3) is 0.412. The van der Waals surface area contributed by atoms with E-state index in [0.29, 0.717) is 5.92 Å². The van der Waals surface area contributed by atoms with Gasteiger partial charge in [-0.1, -0.05) is 23.8 Å². The summed E-state index contributed by atoms with van der Waals surface area (Å²) in [5.74, 6) is 2.51. The lowest BCUT2D eigenvalue weighted by atomic mass is 10.00. The Kier molecular flexibility index (Phi) is 3.20. The highest BCUT2D eigenvalue weighted by molar-refractivity contribution is 5.71. The maximum absolute atomic E-state index is 4.85. The van der Waals surface area contributed by atoms with Crippen LogP contribution < -0.4 is 5.32 Å². The second kappa shape index (κ2) is 4.89. The molecule has 3 heteroatoms. The number of rotatable bonds is 3. The van der Waals surface area contributed by atoms with Gasteiger partial charge in [-0.3, -0.25) is 0 Å². The number of hydrogen-bond donors (Lipinski definition) is 1. The average Bonchev–Trinajstić information content (AvgIpc) is 3.24. The molecule has 0 aliphatic heterocycles. The molecule has 1 saturated carbocycles. The minimum Gasteiger partial charge on any atom is -0.373 e. The molecule has 1 fully saturated rings. The Hall–Kier alpha value is -1.90. The third-order valence-corrected chi connectivity index (χ3v) is 3.98. The Morgan fingerprint density at radius 3 is 2.45 bits per heavy atom. The lowest BCUT2D eigenvalue weighted by Crippen LogP contribution is -2.05. The number of anilines is 1. The first-order chi connectivity index (χ1) is 9.60. The lowest BCUT2D eigenvalue weighted by Gasteiger charge is -2.14. The van der Waals surface area contributed by atoms with Crippen LogP contribution in [0.15, 0.2) is 18.2 Å². The van der Waals surface area contributed by atoms with Gasteiger partial charge >= 0.3 is 0 Å². The van der Waals surface area contributed by atoms with E-state index < -0.39 is 0 Å². The van der Waals surface area contributed by atoms with Crippen molar-refractivity contribution in [1.29, 1.82) is 0 Å². The van der Waals surface area contributed by atoms with E-state index in [0.717, 1.165) is 22.9 Å². The molecule has 104 valence electrons. The van der Waals surface area contributed by atoms with Crippen LogP contribution in [-0.2, 0) is 0 Å². The van der Waals surface area contributed by atoms with Gasteiger partial charge in [-0.25, -0.2) is 9.97 Å². The molecule has 0 radical (unpaired) electrons. The molecule has 0 bridgehead atoms. The Labute approximate surface area is 120 Å². The molecule has 1 N–H and O–H groups in total. The van der Waals surface area contributed by atoms with Gasteiger partial charge in [0.1, 0.15) is 11.6 Å². The fourth-order valence-corrected chi connectivity index (χ4v) is 2.64. The van der Waals surface area contributed by atoms with E-state index in [9.17, 15) is 0 Å². The molecular formula is C17H21N3. The Morgan fingerprint density at radius 2 is 1.85 bits per heavy atom. The van der Waals surface area contributed by atoms with Crippen molar-refractivity contribution in [2.75, 3.05) is 12.4 Å². The largest absolute Gasteiger partial charge is 0.373 e. The Morgan fingerprint density at radius 1 is 1.10 bits per heavy atom. The highest BCUT2D eigenvalue weighted by atomic mass is 15.0. The van der Waals surface area contributed by atoms with Crippen LogP contribution in [-0.4, -0.2) is 17.0 Å². The molecular weight excluding hydrogens is 246 g/mol. The summed E-state index contributed by atoms with van der Waals surface area (Å²) < 4.78 is 0. The standard InChI is InChI=1S/C17H21N3/c1-10-5-8-14(11(2)9-10)15-12(3)16(18-4)20-17(19-15)13-6-7-13/h5,8-9,13H,6-7H2,1-4H3,(H,18,19,20). The quantitative estimate of drug-likeness (QED) is 0.913. The molecule has 0 unspecified atom stereocenters. The van der Waals surface area contributed by atoms with E-state index in [2.05, 4.69) is 49.3 Å². The van der Waals surface area contributed by atoms with E-state index in [-0.39, 0.29) is 0 Å². The van der Waals surface area contributed by atoms with Crippen LogP contribution in [0.4, 0.5) is 5.82 Å². The highest BCUT2D eigenvalue weighted by Gasteiger charge is 2.28. The molecule has 1 aliphatic carbocycles. The van der Waals surface area contributed by atoms with Crippen LogP contribution in [0.3, 0.4) is 0 Å². The van der Waals surface area contributed by atoms with Gasteiger partial charge < -0.3 is 5.32 Å². The second-order valence-corrected chi connectivity index (χ2v) is 5.75. The molecule has 1 aliphatic rings. The second-order valence-electron chi connectivity index (χ2n) is 5.75. The zero-order valence-electron chi connectivity index (χ0n) is 12.6. The van der Waals surface area contributed by atoms with Crippen molar-refractivity contribution < 1.29 is 0 Å². The molecule has 3 rings (SSSR count). The first-order valence-electron chi connectivity index (χ1n) is 7.24. The van der Waals surface area contributed by atoms with Crippen molar-refractivity contribution in [3.8, 4) is 11.3 Å². The Balaban J connectivity index is 2.18. The summed E-state index contributed by atoms with van der Waals surface area (Å²) >= 11 is 0. The van der Waals surface area contributed by atoms with Gasteiger partial charge in [0.15, 0.2) is 0 Å². The molecule has 2 aromatic rings. The maximum atomic E-state index is 4.85. The molecule has 0 amide bonds. The Bertz CT molecular complexity index is 658. The summed E-state index contributed by atoms with van der Waals surface area (Å²) in [5.41, 5.74) is 5.98. The van der Waals surface area contributed by atoms with E-state index >= 15 is 0 Å². The predicted molar refractivity (Wildman–Crippen MR) is 83.2 cm³/mol. The molecule has 20 heavy (non-hydrogen) atoms. The normalized spacial score (nSPS) is 14.4. The SMILES string of the molecule is CNc1nc(C2CC2)nc(-c2ccc(C)cc2C)c1C. The minimum atomic E-state index is 0.562. The average molecular weight is 267 g/mol. The molecule has 0 spiro atoms. The van der Waals surface area contributed by atoms with Gasteiger partial charge in [0.2, 0.25) is 0 Å². The maximum Gasteiger partial charge on any atom is 0.134 e. The number of nitrogens with zero attached hydrogens (tertiary/aromatic N) is 2. The van der Waals surface area contributed by atoms with Crippen LogP contribution in [0, 0.1) is 20.8 Å². The number of benzene rings is 1. The molecule has 1 aromatic carbocycles. The third kappa shape index (κ3) is 2.28. The van der Waals surface area contributed by atoms with Crippen molar-refractivity contribution >= 4 is 5.82 Å². The van der Waals surface area contributed by atoms with Gasteiger partial charge in [0.05, 0.1) is 5.69 Å². The topological polar surface area (TPSA) is 37.8 Å². The van der Waals surface area contributed by atoms with E-state index in [1.165, 1.54) is 29.5 Å². The van der Waals surface area contributed by atoms with Crippen molar-refractivity contribution in [2.24, 2.45) is 0 Å². The number of aromatic nitrogens is 2. The summed E-state index contributed by atoms with van der Waals surface area (Å²) in [6, 6.07) is 6.54. The monoisotopic (exact) mass is 267 g/mol. The van der Waals surface area contributed by atoms with Crippen molar-refractivity contribution in [3.63, 3.8) is 0 Å². The zero-order valence-corrected chi connectivity index (χ0v) is 12.6. The lowest BCUT2D eigenvalue weighted by molar-refractivity contribution is 0.923. The van der Waals surface area contributed by atoms with Crippen LogP contribution in [0.2, 0.25) is 0 Å². The third-order valence-electron chi connectivity index (χ3n) is 3.98. The predicted octanol–water partition coefficient (Wildman–Crippen LogP) is 3.99. The van der Waals surface area contributed by atoms with E-state index in [4.69, 9.17) is 4.98 Å². The van der Waals surface area contributed by atoms with E-state index in [1.807, 2.05) is 7.05 Å². The fourth-order valence-electron chi connectivity index (χ4n) is 2.64. The van der Waals surface area contributed by atoms with E-state index in [1.54, 1.807) is 0 Å². The summed E-state index contributed by atoms with van der Waals surface area (Å²) in [6.45, 7) is 6.37. The minimum absolute atomic E-state index is 0.562. The first kappa shape index (κ1) is 13.1. The van der Waals surface area contributed by atoms with Crippen LogP contribution in [0.5, 0.6) is 0 Å². The summed E-state index contributed by atoms with van der Waals surface area (Å²) in [4.78, 5) is 9.52. The van der Waals surface area contributed by atoms with Crippen molar-refractivity contribution in [3.05, 3.63) is 40.7 Å².